The van der Waals surface area contributed by atoms with Crippen LogP contribution in [0.4, 0.5) is 5.69 Å². The molecule has 9 nitrogen and oxygen atoms in total. The Labute approximate surface area is 191 Å². The minimum absolute atomic E-state index is 0.105. The highest BCUT2D eigenvalue weighted by molar-refractivity contribution is 5.97. The van der Waals surface area contributed by atoms with Crippen molar-refractivity contribution in [3.05, 3.63) is 54.4 Å². The van der Waals surface area contributed by atoms with E-state index in [1.54, 1.807) is 37.3 Å². The second-order valence-electron chi connectivity index (χ2n) is 7.68. The number of anilines is 1. The average molecular weight is 450 g/mol. The van der Waals surface area contributed by atoms with Crippen molar-refractivity contribution in [2.45, 2.75) is 31.7 Å². The number of carbonyl (C=O) groups is 2. The molecule has 2 aromatic carbocycles. The average Bonchev–Trinajstić information content (AvgIpc) is 3.53. The van der Waals surface area contributed by atoms with E-state index in [-0.39, 0.29) is 18.2 Å². The van der Waals surface area contributed by atoms with Gasteiger partial charge >= 0.3 is 0 Å². The molecule has 4 rings (SSSR count). The minimum atomic E-state index is -0.470. The predicted molar refractivity (Wildman–Crippen MR) is 121 cm³/mol. The van der Waals surface area contributed by atoms with Gasteiger partial charge in [0, 0.05) is 30.6 Å². The third-order valence-electron chi connectivity index (χ3n) is 5.58. The molecule has 0 unspecified atom stereocenters. The number of aromatic nitrogens is 2. The van der Waals surface area contributed by atoms with Crippen molar-refractivity contribution >= 4 is 17.5 Å². The van der Waals surface area contributed by atoms with E-state index in [0.717, 1.165) is 12.1 Å². The van der Waals surface area contributed by atoms with Crippen molar-refractivity contribution in [3.63, 3.8) is 0 Å². The van der Waals surface area contributed by atoms with E-state index in [1.807, 2.05) is 30.3 Å². The van der Waals surface area contributed by atoms with Crippen molar-refractivity contribution < 1.29 is 23.6 Å². The maximum Gasteiger partial charge on any atom is 0.247 e. The van der Waals surface area contributed by atoms with Crippen LogP contribution >= 0.6 is 0 Å². The molecule has 1 aliphatic heterocycles. The van der Waals surface area contributed by atoms with Crippen molar-refractivity contribution in [1.82, 2.24) is 15.0 Å². The number of benzene rings is 2. The molecule has 1 aromatic heterocycles. The van der Waals surface area contributed by atoms with Gasteiger partial charge in [0.15, 0.2) is 11.5 Å². The zero-order valence-corrected chi connectivity index (χ0v) is 18.6. The third kappa shape index (κ3) is 5.14. The Balaban J connectivity index is 1.36. The summed E-state index contributed by atoms with van der Waals surface area (Å²) in [6.45, 7) is 0.562. The number of carbonyl (C=O) groups excluding carboxylic acids is 2. The lowest BCUT2D eigenvalue weighted by atomic mass is 10.2. The number of ether oxygens (including phenoxy) is 2. The summed E-state index contributed by atoms with van der Waals surface area (Å²) in [4.78, 5) is 31.6. The van der Waals surface area contributed by atoms with Gasteiger partial charge in [-0.15, -0.1) is 0 Å². The van der Waals surface area contributed by atoms with Gasteiger partial charge in [-0.3, -0.25) is 9.59 Å². The number of hydrogen-bond acceptors (Lipinski definition) is 7. The molecule has 1 atom stereocenters. The number of hydrogen-bond donors (Lipinski definition) is 1. The summed E-state index contributed by atoms with van der Waals surface area (Å²) in [5, 5.41) is 6.90. The van der Waals surface area contributed by atoms with Crippen LogP contribution in [-0.2, 0) is 16.0 Å². The Kier molecular flexibility index (Phi) is 6.87. The number of likely N-dealkylation sites (tertiary alicyclic amines) is 1. The minimum Gasteiger partial charge on any atom is -0.493 e. The standard InChI is InChI=1S/C24H26N4O5/c1-31-19-11-10-16(15-20(19)32-2)23-26-21(33-27-23)12-13-22(29)28-14-6-9-18(28)24(30)25-17-7-4-3-5-8-17/h3-5,7-8,10-11,15,18H,6,9,12-14H2,1-2H3,(H,25,30)/t18-/m1/s1. The van der Waals surface area contributed by atoms with Crippen LogP contribution in [0.15, 0.2) is 53.1 Å². The van der Waals surface area contributed by atoms with Crippen molar-refractivity contribution in [1.29, 1.82) is 0 Å². The van der Waals surface area contributed by atoms with Crippen LogP contribution in [0.1, 0.15) is 25.2 Å². The van der Waals surface area contributed by atoms with E-state index in [0.29, 0.717) is 48.2 Å². The van der Waals surface area contributed by atoms with Crippen LogP contribution in [0.25, 0.3) is 11.4 Å². The number of rotatable bonds is 8. The van der Waals surface area contributed by atoms with Gasteiger partial charge in [-0.1, -0.05) is 23.4 Å². The quantitative estimate of drug-likeness (QED) is 0.561. The summed E-state index contributed by atoms with van der Waals surface area (Å²) in [5.41, 5.74) is 1.43. The largest absolute Gasteiger partial charge is 0.493 e. The van der Waals surface area contributed by atoms with E-state index in [4.69, 9.17) is 14.0 Å². The summed E-state index contributed by atoms with van der Waals surface area (Å²) in [5.74, 6) is 1.65. The number of amides is 2. The third-order valence-corrected chi connectivity index (χ3v) is 5.58. The fraction of sp³-hybridized carbons (Fsp3) is 0.333. The first-order valence-corrected chi connectivity index (χ1v) is 10.8. The van der Waals surface area contributed by atoms with Gasteiger partial charge in [-0.2, -0.15) is 4.98 Å². The van der Waals surface area contributed by atoms with E-state index in [1.165, 1.54) is 0 Å². The highest BCUT2D eigenvalue weighted by atomic mass is 16.5. The fourth-order valence-corrected chi connectivity index (χ4v) is 3.89. The molecular weight excluding hydrogens is 424 g/mol. The lowest BCUT2D eigenvalue weighted by molar-refractivity contribution is -0.136. The van der Waals surface area contributed by atoms with Gasteiger partial charge in [-0.05, 0) is 43.2 Å². The molecule has 2 heterocycles. The maximum absolute atomic E-state index is 12.8. The Morgan fingerprint density at radius 1 is 1.12 bits per heavy atom. The maximum atomic E-state index is 12.8. The van der Waals surface area contributed by atoms with Crippen LogP contribution < -0.4 is 14.8 Å². The molecule has 1 N–H and O–H groups in total. The molecule has 0 saturated carbocycles. The molecule has 9 heteroatoms. The van der Waals surface area contributed by atoms with Gasteiger partial charge in [0.1, 0.15) is 6.04 Å². The molecule has 0 bridgehead atoms. The monoisotopic (exact) mass is 450 g/mol. The second-order valence-corrected chi connectivity index (χ2v) is 7.68. The normalized spacial score (nSPS) is 15.3. The first-order chi connectivity index (χ1) is 16.1. The summed E-state index contributed by atoms with van der Waals surface area (Å²) in [6, 6.07) is 14.1. The van der Waals surface area contributed by atoms with Gasteiger partial charge in [0.25, 0.3) is 0 Å². The molecule has 1 fully saturated rings. The predicted octanol–water partition coefficient (Wildman–Crippen LogP) is 3.32. The lowest BCUT2D eigenvalue weighted by Crippen LogP contribution is -2.43. The Hall–Kier alpha value is -3.88. The molecular formula is C24H26N4O5. The Bertz CT molecular complexity index is 1120. The Morgan fingerprint density at radius 2 is 1.91 bits per heavy atom. The van der Waals surface area contributed by atoms with Crippen molar-refractivity contribution in [2.75, 3.05) is 26.1 Å². The number of aryl methyl sites for hydroxylation is 1. The van der Waals surface area contributed by atoms with Crippen LogP contribution in [0, 0.1) is 0 Å². The topological polar surface area (TPSA) is 107 Å². The zero-order chi connectivity index (χ0) is 23.2. The molecule has 172 valence electrons. The highest BCUT2D eigenvalue weighted by Crippen LogP contribution is 2.31. The molecule has 1 aliphatic rings. The molecule has 1 saturated heterocycles. The first-order valence-electron chi connectivity index (χ1n) is 10.8. The molecule has 3 aromatic rings. The summed E-state index contributed by atoms with van der Waals surface area (Å²) >= 11 is 0. The SMILES string of the molecule is COc1ccc(-c2noc(CCC(=O)N3CCC[C@@H]3C(=O)Nc3ccccc3)n2)cc1OC. The van der Waals surface area contributed by atoms with Gasteiger partial charge in [0.2, 0.25) is 23.5 Å². The van der Waals surface area contributed by atoms with Gasteiger partial charge in [-0.25, -0.2) is 0 Å². The smallest absolute Gasteiger partial charge is 0.247 e. The van der Waals surface area contributed by atoms with Crippen LogP contribution in [-0.4, -0.2) is 53.7 Å². The molecule has 33 heavy (non-hydrogen) atoms. The molecule has 0 spiro atoms. The number of nitrogens with zero attached hydrogens (tertiary/aromatic N) is 3. The lowest BCUT2D eigenvalue weighted by Gasteiger charge is -2.23. The summed E-state index contributed by atoms with van der Waals surface area (Å²) in [7, 11) is 3.12. The number of para-hydroxylation sites is 1. The van der Waals surface area contributed by atoms with Crippen LogP contribution in [0.5, 0.6) is 11.5 Å². The zero-order valence-electron chi connectivity index (χ0n) is 18.6. The molecule has 0 radical (unpaired) electrons. The van der Waals surface area contributed by atoms with Crippen molar-refractivity contribution in [2.24, 2.45) is 0 Å². The second kappa shape index (κ2) is 10.2. The van der Waals surface area contributed by atoms with E-state index in [2.05, 4.69) is 15.5 Å². The fourth-order valence-electron chi connectivity index (χ4n) is 3.89. The van der Waals surface area contributed by atoms with E-state index in [9.17, 15) is 9.59 Å². The van der Waals surface area contributed by atoms with E-state index >= 15 is 0 Å². The summed E-state index contributed by atoms with van der Waals surface area (Å²) in [6.07, 6.45) is 1.92. The van der Waals surface area contributed by atoms with Gasteiger partial charge in [0.05, 0.1) is 14.2 Å². The summed E-state index contributed by atoms with van der Waals surface area (Å²) < 4.78 is 15.9. The Morgan fingerprint density at radius 3 is 2.67 bits per heavy atom. The molecule has 2 amide bonds. The van der Waals surface area contributed by atoms with Gasteiger partial charge < -0.3 is 24.2 Å². The van der Waals surface area contributed by atoms with E-state index < -0.39 is 6.04 Å². The number of methoxy groups -OCH3 is 2. The highest BCUT2D eigenvalue weighted by Gasteiger charge is 2.34. The van der Waals surface area contributed by atoms with Crippen LogP contribution in [0.2, 0.25) is 0 Å². The number of nitrogens with one attached hydrogen (secondary N) is 1. The van der Waals surface area contributed by atoms with Crippen LogP contribution in [0.3, 0.4) is 0 Å². The molecule has 0 aliphatic carbocycles. The first kappa shape index (κ1) is 22.3. The van der Waals surface area contributed by atoms with Crippen molar-refractivity contribution in [3.8, 4) is 22.9 Å².